The van der Waals surface area contributed by atoms with Gasteiger partial charge in [0.1, 0.15) is 12.9 Å². The molecule has 0 unspecified atom stereocenters. The van der Waals surface area contributed by atoms with E-state index in [1.807, 2.05) is 0 Å². The molecule has 0 aromatic carbocycles. The molecular weight excluding hydrogens is 180 g/mol. The lowest BCUT2D eigenvalue weighted by molar-refractivity contribution is -0.103. The van der Waals surface area contributed by atoms with Crippen molar-refractivity contribution >= 4 is 0 Å². The summed E-state index contributed by atoms with van der Waals surface area (Å²) in [6.07, 6.45) is 1.98. The van der Waals surface area contributed by atoms with Gasteiger partial charge in [-0.05, 0) is 13.3 Å². The molecule has 0 saturated carbocycles. The Morgan fingerprint density at radius 2 is 2.14 bits per heavy atom. The molecule has 0 aliphatic carbocycles. The third-order valence-electron chi connectivity index (χ3n) is 1.89. The number of hydrogen-bond donors (Lipinski definition) is 1. The number of aliphatic hydroxyl groups excluding tert-OH is 1. The second-order valence-corrected chi connectivity index (χ2v) is 3.09. The van der Waals surface area contributed by atoms with E-state index in [2.05, 4.69) is 18.8 Å². The Kier molecular flexibility index (Phi) is 8.65. The van der Waals surface area contributed by atoms with Crippen LogP contribution in [-0.4, -0.2) is 31.2 Å². The fourth-order valence-electron chi connectivity index (χ4n) is 1.13. The lowest BCUT2D eigenvalue weighted by Gasteiger charge is -2.19. The predicted octanol–water partition coefficient (Wildman–Crippen LogP) is 1.55. The average molecular weight is 200 g/mol. The van der Waals surface area contributed by atoms with E-state index >= 15 is 0 Å². The van der Waals surface area contributed by atoms with E-state index < -0.39 is 6.10 Å². The molecule has 2 atom stereocenters. The van der Waals surface area contributed by atoms with Crippen LogP contribution < -0.4 is 0 Å². The van der Waals surface area contributed by atoms with Crippen molar-refractivity contribution in [2.45, 2.75) is 45.3 Å². The van der Waals surface area contributed by atoms with Gasteiger partial charge in [0.25, 0.3) is 0 Å². The van der Waals surface area contributed by atoms with Crippen molar-refractivity contribution in [1.82, 2.24) is 0 Å². The number of rotatable bonds is 7. The summed E-state index contributed by atoms with van der Waals surface area (Å²) in [6.45, 7) is 4.01. The molecular formula is C11H20O3. The van der Waals surface area contributed by atoms with Gasteiger partial charge in [-0.2, -0.15) is 0 Å². The first-order valence-corrected chi connectivity index (χ1v) is 4.97. The van der Waals surface area contributed by atoms with Crippen LogP contribution >= 0.6 is 0 Å². The Morgan fingerprint density at radius 1 is 1.43 bits per heavy atom. The highest BCUT2D eigenvalue weighted by molar-refractivity contribution is 5.04. The summed E-state index contributed by atoms with van der Waals surface area (Å²) in [7, 11) is 1.56. The fourth-order valence-corrected chi connectivity index (χ4v) is 1.13. The Morgan fingerprint density at radius 3 is 2.64 bits per heavy atom. The van der Waals surface area contributed by atoms with E-state index in [9.17, 15) is 5.11 Å². The van der Waals surface area contributed by atoms with Crippen LogP contribution in [0.3, 0.4) is 0 Å². The monoisotopic (exact) mass is 200 g/mol. The van der Waals surface area contributed by atoms with E-state index in [1.165, 1.54) is 0 Å². The van der Waals surface area contributed by atoms with Crippen molar-refractivity contribution in [2.75, 3.05) is 13.9 Å². The molecule has 3 nitrogen and oxygen atoms in total. The lowest BCUT2D eigenvalue weighted by atomic mass is 10.1. The molecule has 0 heterocycles. The zero-order valence-corrected chi connectivity index (χ0v) is 9.25. The first kappa shape index (κ1) is 13.4. The molecule has 0 bridgehead atoms. The number of hydrogen-bond acceptors (Lipinski definition) is 3. The van der Waals surface area contributed by atoms with Gasteiger partial charge >= 0.3 is 0 Å². The van der Waals surface area contributed by atoms with E-state index in [1.54, 1.807) is 14.0 Å². The summed E-state index contributed by atoms with van der Waals surface area (Å²) in [5.41, 5.74) is 0. The molecule has 0 aliphatic heterocycles. The molecule has 0 fully saturated rings. The number of methoxy groups -OCH3 is 1. The smallest absolute Gasteiger partial charge is 0.146 e. The van der Waals surface area contributed by atoms with Gasteiger partial charge in [-0.15, -0.1) is 5.92 Å². The quantitative estimate of drug-likeness (QED) is 0.500. The normalized spacial score (nSPS) is 14.3. The summed E-state index contributed by atoms with van der Waals surface area (Å²) in [6, 6.07) is 0. The zero-order chi connectivity index (χ0) is 10.8. The van der Waals surface area contributed by atoms with Crippen LogP contribution in [0.1, 0.15) is 33.1 Å². The van der Waals surface area contributed by atoms with E-state index in [0.717, 1.165) is 19.3 Å². The summed E-state index contributed by atoms with van der Waals surface area (Å²) < 4.78 is 10.1. The second-order valence-electron chi connectivity index (χ2n) is 3.09. The topological polar surface area (TPSA) is 38.7 Å². The van der Waals surface area contributed by atoms with E-state index in [-0.39, 0.29) is 12.9 Å². The summed E-state index contributed by atoms with van der Waals surface area (Å²) in [5.74, 6) is 5.37. The standard InChI is InChI=1S/C11H20O3/c1-4-6-8-11(14-9-13-3)10(12)7-5-2/h10-12H,4,6,8-9H2,1-3H3/t10-,11-/m0/s1. The Balaban J connectivity index is 3.98. The molecule has 14 heavy (non-hydrogen) atoms. The number of aliphatic hydroxyl groups is 1. The Labute approximate surface area is 86.4 Å². The van der Waals surface area contributed by atoms with Crippen LogP contribution in [0, 0.1) is 11.8 Å². The molecule has 82 valence electrons. The van der Waals surface area contributed by atoms with Gasteiger partial charge < -0.3 is 14.6 Å². The molecule has 3 heteroatoms. The van der Waals surface area contributed by atoms with Gasteiger partial charge in [0, 0.05) is 7.11 Å². The maximum atomic E-state index is 9.61. The van der Waals surface area contributed by atoms with Crippen LogP contribution in [-0.2, 0) is 9.47 Å². The average Bonchev–Trinajstić information content (AvgIpc) is 2.18. The van der Waals surface area contributed by atoms with Crippen molar-refractivity contribution in [3.8, 4) is 11.8 Å². The molecule has 0 radical (unpaired) electrons. The molecule has 0 aliphatic rings. The molecule has 0 amide bonds. The maximum Gasteiger partial charge on any atom is 0.146 e. The molecule has 0 aromatic heterocycles. The van der Waals surface area contributed by atoms with Crippen molar-refractivity contribution < 1.29 is 14.6 Å². The van der Waals surface area contributed by atoms with Gasteiger partial charge in [0.05, 0.1) is 6.10 Å². The molecule has 0 rings (SSSR count). The molecule has 0 aromatic rings. The molecule has 0 spiro atoms. The third kappa shape index (κ3) is 5.98. The SMILES string of the molecule is CC#C[C@H](O)[C@H](CCCC)OCOC. The van der Waals surface area contributed by atoms with Crippen LogP contribution in [0.2, 0.25) is 0 Å². The minimum absolute atomic E-state index is 0.205. The largest absolute Gasteiger partial charge is 0.378 e. The highest BCUT2D eigenvalue weighted by atomic mass is 16.7. The van der Waals surface area contributed by atoms with E-state index in [0.29, 0.717) is 0 Å². The highest BCUT2D eigenvalue weighted by Gasteiger charge is 2.16. The van der Waals surface area contributed by atoms with Crippen LogP contribution in [0.5, 0.6) is 0 Å². The number of unbranched alkanes of at least 4 members (excludes halogenated alkanes) is 1. The molecule has 0 saturated heterocycles. The summed E-state index contributed by atoms with van der Waals surface area (Å²) >= 11 is 0. The Bertz CT molecular complexity index is 173. The lowest BCUT2D eigenvalue weighted by Crippen LogP contribution is -2.28. The Hall–Kier alpha value is -0.560. The number of ether oxygens (including phenoxy) is 2. The third-order valence-corrected chi connectivity index (χ3v) is 1.89. The van der Waals surface area contributed by atoms with Crippen molar-refractivity contribution in [1.29, 1.82) is 0 Å². The highest BCUT2D eigenvalue weighted by Crippen LogP contribution is 2.09. The first-order chi connectivity index (χ1) is 6.76. The minimum Gasteiger partial charge on any atom is -0.378 e. The van der Waals surface area contributed by atoms with Crippen molar-refractivity contribution in [3.63, 3.8) is 0 Å². The van der Waals surface area contributed by atoms with Gasteiger partial charge in [-0.25, -0.2) is 0 Å². The van der Waals surface area contributed by atoms with Gasteiger partial charge in [0.2, 0.25) is 0 Å². The zero-order valence-electron chi connectivity index (χ0n) is 9.25. The maximum absolute atomic E-state index is 9.61. The minimum atomic E-state index is -0.707. The second kappa shape index (κ2) is 9.01. The fraction of sp³-hybridized carbons (Fsp3) is 0.818. The summed E-state index contributed by atoms with van der Waals surface area (Å²) in [5, 5.41) is 9.61. The van der Waals surface area contributed by atoms with Gasteiger partial charge in [-0.1, -0.05) is 25.7 Å². The van der Waals surface area contributed by atoms with Gasteiger partial charge in [-0.3, -0.25) is 0 Å². The predicted molar refractivity (Wildman–Crippen MR) is 55.7 cm³/mol. The van der Waals surface area contributed by atoms with E-state index in [4.69, 9.17) is 9.47 Å². The van der Waals surface area contributed by atoms with Crippen LogP contribution in [0.25, 0.3) is 0 Å². The van der Waals surface area contributed by atoms with Crippen molar-refractivity contribution in [2.24, 2.45) is 0 Å². The van der Waals surface area contributed by atoms with Crippen LogP contribution in [0.4, 0.5) is 0 Å². The first-order valence-electron chi connectivity index (χ1n) is 4.97. The molecule has 1 N–H and O–H groups in total. The summed E-state index contributed by atoms with van der Waals surface area (Å²) in [4.78, 5) is 0. The van der Waals surface area contributed by atoms with Crippen molar-refractivity contribution in [3.05, 3.63) is 0 Å². The van der Waals surface area contributed by atoms with Gasteiger partial charge in [0.15, 0.2) is 0 Å². The van der Waals surface area contributed by atoms with Crippen LogP contribution in [0.15, 0.2) is 0 Å².